The smallest absolute Gasteiger partial charge is 0.264 e. The van der Waals surface area contributed by atoms with Crippen LogP contribution in [0.3, 0.4) is 0 Å². The van der Waals surface area contributed by atoms with Gasteiger partial charge in [-0.1, -0.05) is 39.7 Å². The maximum Gasteiger partial charge on any atom is 0.264 e. The molecule has 4 rings (SSSR count). The first kappa shape index (κ1) is 20.6. The van der Waals surface area contributed by atoms with Crippen molar-refractivity contribution in [2.75, 3.05) is 4.90 Å². The van der Waals surface area contributed by atoms with Gasteiger partial charge in [-0.2, -0.15) is 0 Å². The number of amides is 1. The standard InChI is InChI=1S/C24H22BrNO4/c1-14-4-6-17(15(2)10-14)13-26-20-8-7-18(25)11-19(20)24(29,23(26)28)12-21(27)22-9-5-16(3)30-22/h4-11,29H,12-13H2,1-3H3/t24-/m1/s1. The number of rotatable bonds is 5. The third-order valence-corrected chi connectivity index (χ3v) is 6.05. The van der Waals surface area contributed by atoms with Crippen LogP contribution in [0.2, 0.25) is 0 Å². The number of anilines is 1. The molecule has 0 bridgehead atoms. The number of halogens is 1. The molecule has 6 heteroatoms. The third-order valence-electron chi connectivity index (χ3n) is 5.55. The van der Waals surface area contributed by atoms with Gasteiger partial charge >= 0.3 is 0 Å². The molecule has 154 valence electrons. The number of hydrogen-bond acceptors (Lipinski definition) is 4. The zero-order valence-corrected chi connectivity index (χ0v) is 18.6. The van der Waals surface area contributed by atoms with Gasteiger partial charge < -0.3 is 14.4 Å². The molecule has 1 aliphatic heterocycles. The lowest BCUT2D eigenvalue weighted by Crippen LogP contribution is -2.41. The number of fused-ring (bicyclic) bond motifs is 1. The van der Waals surface area contributed by atoms with Crippen LogP contribution in [-0.2, 0) is 16.9 Å². The molecular weight excluding hydrogens is 446 g/mol. The summed E-state index contributed by atoms with van der Waals surface area (Å²) in [6.45, 7) is 6.08. The van der Waals surface area contributed by atoms with Crippen LogP contribution in [0.15, 0.2) is 57.4 Å². The minimum Gasteiger partial charge on any atom is -0.458 e. The van der Waals surface area contributed by atoms with E-state index in [0.29, 0.717) is 23.6 Å². The zero-order chi connectivity index (χ0) is 21.6. The van der Waals surface area contributed by atoms with E-state index in [1.54, 1.807) is 36.1 Å². The van der Waals surface area contributed by atoms with Crippen molar-refractivity contribution in [1.82, 2.24) is 0 Å². The molecule has 1 atom stereocenters. The molecule has 0 aliphatic carbocycles. The Hall–Kier alpha value is -2.70. The first-order chi connectivity index (χ1) is 14.2. The number of aliphatic hydroxyl groups is 1. The van der Waals surface area contributed by atoms with Crippen LogP contribution in [0.1, 0.15) is 45.0 Å². The molecule has 0 saturated heterocycles. The van der Waals surface area contributed by atoms with E-state index in [9.17, 15) is 14.7 Å². The molecule has 1 aliphatic rings. The van der Waals surface area contributed by atoms with E-state index >= 15 is 0 Å². The third kappa shape index (κ3) is 3.50. The number of nitrogens with zero attached hydrogens (tertiary/aromatic N) is 1. The Labute approximate surface area is 183 Å². The number of hydrogen-bond donors (Lipinski definition) is 1. The molecule has 5 nitrogen and oxygen atoms in total. The van der Waals surface area contributed by atoms with Crippen molar-refractivity contribution >= 4 is 33.3 Å². The van der Waals surface area contributed by atoms with Crippen LogP contribution in [-0.4, -0.2) is 16.8 Å². The Balaban J connectivity index is 1.72. The lowest BCUT2D eigenvalue weighted by Gasteiger charge is -2.23. The van der Waals surface area contributed by atoms with Gasteiger partial charge in [0.05, 0.1) is 18.7 Å². The Kier molecular flexibility index (Phi) is 5.16. The maximum atomic E-state index is 13.4. The molecular formula is C24H22BrNO4. The van der Waals surface area contributed by atoms with E-state index in [-0.39, 0.29) is 12.2 Å². The predicted octanol–water partition coefficient (Wildman–Crippen LogP) is 4.97. The Bertz CT molecular complexity index is 1170. The molecule has 0 unspecified atom stereocenters. The molecule has 1 N–H and O–H groups in total. The summed E-state index contributed by atoms with van der Waals surface area (Å²) in [5, 5.41) is 11.5. The molecule has 1 amide bonds. The maximum absolute atomic E-state index is 13.4. The number of carbonyl (C=O) groups excluding carboxylic acids is 2. The number of ketones is 1. The highest BCUT2D eigenvalue weighted by atomic mass is 79.9. The summed E-state index contributed by atoms with van der Waals surface area (Å²) in [6.07, 6.45) is -0.383. The molecule has 1 aromatic heterocycles. The van der Waals surface area contributed by atoms with Gasteiger partial charge in [-0.25, -0.2) is 0 Å². The van der Waals surface area contributed by atoms with Crippen molar-refractivity contribution < 1.29 is 19.1 Å². The summed E-state index contributed by atoms with van der Waals surface area (Å²) in [4.78, 5) is 27.8. The summed E-state index contributed by atoms with van der Waals surface area (Å²) in [6, 6.07) is 14.6. The van der Waals surface area contributed by atoms with Gasteiger partial charge in [0, 0.05) is 10.0 Å². The Morgan fingerprint density at radius 1 is 1.10 bits per heavy atom. The van der Waals surface area contributed by atoms with Gasteiger partial charge in [0.1, 0.15) is 5.76 Å². The first-order valence-corrected chi connectivity index (χ1v) is 10.5. The van der Waals surface area contributed by atoms with Crippen LogP contribution in [0.5, 0.6) is 0 Å². The van der Waals surface area contributed by atoms with Crippen LogP contribution < -0.4 is 4.90 Å². The highest BCUT2D eigenvalue weighted by Gasteiger charge is 2.51. The van der Waals surface area contributed by atoms with Gasteiger partial charge in [-0.15, -0.1) is 0 Å². The van der Waals surface area contributed by atoms with Gasteiger partial charge in [0.2, 0.25) is 5.78 Å². The number of aryl methyl sites for hydroxylation is 3. The average Bonchev–Trinajstić information content (AvgIpc) is 3.20. The van der Waals surface area contributed by atoms with Gasteiger partial charge in [-0.05, 0) is 62.2 Å². The average molecular weight is 468 g/mol. The van der Waals surface area contributed by atoms with Crippen molar-refractivity contribution in [3.63, 3.8) is 0 Å². The number of benzene rings is 2. The van der Waals surface area contributed by atoms with E-state index < -0.39 is 17.3 Å². The highest BCUT2D eigenvalue weighted by molar-refractivity contribution is 9.10. The predicted molar refractivity (Wildman–Crippen MR) is 118 cm³/mol. The topological polar surface area (TPSA) is 70.8 Å². The van der Waals surface area contributed by atoms with E-state index in [1.807, 2.05) is 32.0 Å². The Morgan fingerprint density at radius 2 is 1.87 bits per heavy atom. The van der Waals surface area contributed by atoms with E-state index in [0.717, 1.165) is 21.2 Å². The SMILES string of the molecule is Cc1ccc(CN2C(=O)[C@@](O)(CC(=O)c3ccc(C)o3)c3cc(Br)ccc32)c(C)c1. The molecule has 0 radical (unpaired) electrons. The summed E-state index contributed by atoms with van der Waals surface area (Å²) in [7, 11) is 0. The van der Waals surface area contributed by atoms with Crippen LogP contribution in [0.4, 0.5) is 5.69 Å². The second kappa shape index (κ2) is 7.52. The summed E-state index contributed by atoms with van der Waals surface area (Å²) in [5.74, 6) is -0.189. The second-order valence-electron chi connectivity index (χ2n) is 7.85. The molecule has 2 aromatic carbocycles. The quantitative estimate of drug-likeness (QED) is 0.537. The minimum atomic E-state index is -1.95. The van der Waals surface area contributed by atoms with Crippen LogP contribution in [0.25, 0.3) is 0 Å². The minimum absolute atomic E-state index is 0.137. The monoisotopic (exact) mass is 467 g/mol. The molecule has 0 saturated carbocycles. The fourth-order valence-electron chi connectivity index (χ4n) is 3.95. The fraction of sp³-hybridized carbons (Fsp3) is 0.250. The Morgan fingerprint density at radius 3 is 2.53 bits per heavy atom. The lowest BCUT2D eigenvalue weighted by molar-refractivity contribution is -0.136. The first-order valence-electron chi connectivity index (χ1n) is 9.69. The van der Waals surface area contributed by atoms with Crippen molar-refractivity contribution in [2.45, 2.75) is 39.3 Å². The summed E-state index contributed by atoms with van der Waals surface area (Å²) < 4.78 is 6.13. The fourth-order valence-corrected chi connectivity index (χ4v) is 4.31. The highest BCUT2D eigenvalue weighted by Crippen LogP contribution is 2.45. The van der Waals surface area contributed by atoms with Gasteiger partial charge in [-0.3, -0.25) is 9.59 Å². The van der Waals surface area contributed by atoms with Gasteiger partial charge in [0.15, 0.2) is 11.4 Å². The lowest BCUT2D eigenvalue weighted by atomic mass is 9.89. The van der Waals surface area contributed by atoms with Crippen LogP contribution in [0, 0.1) is 20.8 Å². The van der Waals surface area contributed by atoms with Crippen molar-refractivity contribution in [2.24, 2.45) is 0 Å². The molecule has 0 spiro atoms. The van der Waals surface area contributed by atoms with E-state index in [4.69, 9.17) is 4.42 Å². The number of carbonyl (C=O) groups is 2. The van der Waals surface area contributed by atoms with Crippen molar-refractivity contribution in [3.05, 3.63) is 86.8 Å². The zero-order valence-electron chi connectivity index (χ0n) is 17.0. The molecule has 30 heavy (non-hydrogen) atoms. The molecule has 2 heterocycles. The van der Waals surface area contributed by atoms with E-state index in [1.165, 1.54) is 0 Å². The number of furan rings is 1. The number of Topliss-reactive ketones (excluding diaryl/α,β-unsaturated/α-hetero) is 1. The largest absolute Gasteiger partial charge is 0.458 e. The summed E-state index contributed by atoms with van der Waals surface area (Å²) in [5.41, 5.74) is 2.27. The van der Waals surface area contributed by atoms with Crippen molar-refractivity contribution in [3.8, 4) is 0 Å². The molecule has 0 fully saturated rings. The van der Waals surface area contributed by atoms with Crippen LogP contribution >= 0.6 is 15.9 Å². The normalized spacial score (nSPS) is 18.0. The van der Waals surface area contributed by atoms with Gasteiger partial charge in [0.25, 0.3) is 5.91 Å². The van der Waals surface area contributed by atoms with Crippen molar-refractivity contribution in [1.29, 1.82) is 0 Å². The van der Waals surface area contributed by atoms with E-state index in [2.05, 4.69) is 22.0 Å². The molecule has 3 aromatic rings. The summed E-state index contributed by atoms with van der Waals surface area (Å²) >= 11 is 3.41. The second-order valence-corrected chi connectivity index (χ2v) is 8.77.